The third-order valence-electron chi connectivity index (χ3n) is 5.84. The van der Waals surface area contributed by atoms with E-state index >= 15 is 0 Å². The second-order valence-corrected chi connectivity index (χ2v) is 12.3. The van der Waals surface area contributed by atoms with Gasteiger partial charge in [-0.25, -0.2) is 8.42 Å². The summed E-state index contributed by atoms with van der Waals surface area (Å²) in [7, 11) is -3.57. The molecule has 2 aliphatic rings. The maximum absolute atomic E-state index is 13.3. The molecule has 2 aromatic heterocycles. The Morgan fingerprint density at radius 2 is 2.10 bits per heavy atom. The highest BCUT2D eigenvalue weighted by Gasteiger charge is 2.56. The van der Waals surface area contributed by atoms with E-state index in [2.05, 4.69) is 19.4 Å². The molecule has 162 valence electrons. The van der Waals surface area contributed by atoms with Crippen molar-refractivity contribution in [1.82, 2.24) is 19.4 Å². The maximum atomic E-state index is 13.3. The van der Waals surface area contributed by atoms with Gasteiger partial charge in [0.15, 0.2) is 9.84 Å². The number of carbonyl (C=O) groups excluding carboxylic acids is 1. The van der Waals surface area contributed by atoms with Crippen molar-refractivity contribution in [3.05, 3.63) is 32.7 Å². The van der Waals surface area contributed by atoms with E-state index in [0.29, 0.717) is 33.3 Å². The quantitative estimate of drug-likeness (QED) is 0.608. The molecule has 2 aromatic rings. The van der Waals surface area contributed by atoms with Crippen LogP contribution in [0.1, 0.15) is 59.3 Å². The van der Waals surface area contributed by atoms with Gasteiger partial charge in [-0.3, -0.25) is 10.2 Å². The van der Waals surface area contributed by atoms with Gasteiger partial charge in [-0.15, -0.1) is 11.3 Å². The SMILES string of the molecule is C[C@@]1(c2sc(C(=O)NCc3cnsn3)cc2Cl)CS(=O)(=O)C2(CCCCC2)C(=N)N1. The van der Waals surface area contributed by atoms with Crippen molar-refractivity contribution >= 4 is 56.2 Å². The second-order valence-electron chi connectivity index (χ2n) is 8.02. The molecule has 3 heterocycles. The molecule has 4 rings (SSSR count). The number of thiophene rings is 1. The lowest BCUT2D eigenvalue weighted by Crippen LogP contribution is -2.66. The molecule has 2 fully saturated rings. The van der Waals surface area contributed by atoms with Crippen molar-refractivity contribution in [2.75, 3.05) is 5.75 Å². The monoisotopic (exact) mass is 487 g/mol. The number of aromatic nitrogens is 2. The summed E-state index contributed by atoms with van der Waals surface area (Å²) in [5.41, 5.74) is -0.396. The van der Waals surface area contributed by atoms with E-state index in [-0.39, 0.29) is 24.0 Å². The topological polar surface area (TPSA) is 125 Å². The van der Waals surface area contributed by atoms with Gasteiger partial charge in [0, 0.05) is 0 Å². The van der Waals surface area contributed by atoms with Gasteiger partial charge < -0.3 is 10.6 Å². The Morgan fingerprint density at radius 1 is 1.37 bits per heavy atom. The zero-order valence-corrected chi connectivity index (χ0v) is 19.5. The fourth-order valence-electron chi connectivity index (χ4n) is 4.28. The Labute approximate surface area is 188 Å². The lowest BCUT2D eigenvalue weighted by molar-refractivity contribution is 0.0954. The van der Waals surface area contributed by atoms with Gasteiger partial charge >= 0.3 is 0 Å². The maximum Gasteiger partial charge on any atom is 0.261 e. The van der Waals surface area contributed by atoms with E-state index in [1.807, 2.05) is 0 Å². The van der Waals surface area contributed by atoms with Crippen molar-refractivity contribution in [3.8, 4) is 0 Å². The van der Waals surface area contributed by atoms with Gasteiger partial charge in [0.25, 0.3) is 5.91 Å². The molecule has 8 nitrogen and oxygen atoms in total. The van der Waals surface area contributed by atoms with E-state index in [1.54, 1.807) is 19.2 Å². The van der Waals surface area contributed by atoms with E-state index in [9.17, 15) is 13.2 Å². The number of nitrogens with one attached hydrogen (secondary N) is 3. The van der Waals surface area contributed by atoms with Crippen molar-refractivity contribution in [2.24, 2.45) is 0 Å². The van der Waals surface area contributed by atoms with Gasteiger partial charge in [0.05, 0.1) is 56.2 Å². The van der Waals surface area contributed by atoms with Crippen LogP contribution in [0.3, 0.4) is 0 Å². The first-order chi connectivity index (χ1) is 14.2. The van der Waals surface area contributed by atoms with Crippen LogP contribution in [0.5, 0.6) is 0 Å². The lowest BCUT2D eigenvalue weighted by Gasteiger charge is -2.47. The summed E-state index contributed by atoms with van der Waals surface area (Å²) >= 11 is 8.65. The third kappa shape index (κ3) is 3.65. The standard InChI is InChI=1S/C18H22ClN5O3S3/c1-17(10-30(26,27)18(16(20)23-17)5-3-2-4-6-18)14-12(19)7-13(28-14)15(25)21-8-11-9-22-29-24-11/h7,9H,2-6,8,10H2,1H3,(H2,20,23)(H,21,25)/t17-/m0/s1. The molecular formula is C18H22ClN5O3S3. The molecule has 1 spiro atoms. The molecule has 0 aromatic carbocycles. The first kappa shape index (κ1) is 21.7. The molecule has 1 aliphatic heterocycles. The predicted octanol–water partition coefficient (Wildman–Crippen LogP) is 3.10. The van der Waals surface area contributed by atoms with Gasteiger partial charge in [-0.05, 0) is 25.8 Å². The Hall–Kier alpha value is -1.56. The predicted molar refractivity (Wildman–Crippen MR) is 118 cm³/mol. The molecule has 1 saturated carbocycles. The zero-order chi connectivity index (χ0) is 21.6. The first-order valence-electron chi connectivity index (χ1n) is 9.61. The molecule has 1 amide bonds. The summed E-state index contributed by atoms with van der Waals surface area (Å²) in [6, 6.07) is 1.55. The van der Waals surface area contributed by atoms with Crippen LogP contribution in [0.25, 0.3) is 0 Å². The number of nitrogens with zero attached hydrogens (tertiary/aromatic N) is 2. The van der Waals surface area contributed by atoms with Crippen LogP contribution >= 0.6 is 34.7 Å². The molecule has 1 atom stereocenters. The number of halogens is 1. The van der Waals surface area contributed by atoms with Crippen LogP contribution in [0.2, 0.25) is 5.02 Å². The number of rotatable bonds is 4. The summed E-state index contributed by atoms with van der Waals surface area (Å²) in [6.07, 6.45) is 5.15. The number of amidine groups is 1. The molecule has 3 N–H and O–H groups in total. The zero-order valence-electron chi connectivity index (χ0n) is 16.3. The van der Waals surface area contributed by atoms with Crippen molar-refractivity contribution in [2.45, 2.75) is 55.9 Å². The highest BCUT2D eigenvalue weighted by Crippen LogP contribution is 2.45. The van der Waals surface area contributed by atoms with Crippen molar-refractivity contribution < 1.29 is 13.2 Å². The Kier molecular flexibility index (Phi) is 5.67. The number of amides is 1. The fourth-order valence-corrected chi connectivity index (χ4v) is 8.90. The molecule has 0 radical (unpaired) electrons. The molecule has 30 heavy (non-hydrogen) atoms. The second kappa shape index (κ2) is 7.85. The van der Waals surface area contributed by atoms with Gasteiger partial charge in [0.2, 0.25) is 0 Å². The Balaban J connectivity index is 1.58. The van der Waals surface area contributed by atoms with E-state index in [4.69, 9.17) is 17.0 Å². The van der Waals surface area contributed by atoms with Crippen LogP contribution in [0, 0.1) is 5.41 Å². The van der Waals surface area contributed by atoms with Crippen LogP contribution in [-0.2, 0) is 21.9 Å². The smallest absolute Gasteiger partial charge is 0.261 e. The fraction of sp³-hybridized carbons (Fsp3) is 0.556. The summed E-state index contributed by atoms with van der Waals surface area (Å²) in [6.45, 7) is 1.98. The van der Waals surface area contributed by atoms with Crippen LogP contribution in [0.15, 0.2) is 12.3 Å². The number of hydrogen-bond donors (Lipinski definition) is 3. The van der Waals surface area contributed by atoms with E-state index in [1.165, 1.54) is 0 Å². The van der Waals surface area contributed by atoms with Gasteiger partial charge in [-0.1, -0.05) is 30.9 Å². The molecule has 1 saturated heterocycles. The summed E-state index contributed by atoms with van der Waals surface area (Å²) in [5, 5.41) is 14.8. The van der Waals surface area contributed by atoms with Crippen LogP contribution in [0.4, 0.5) is 0 Å². The largest absolute Gasteiger partial charge is 0.362 e. The summed E-state index contributed by atoms with van der Waals surface area (Å²) in [5.74, 6) is -0.432. The Bertz CT molecular complexity index is 1080. The normalized spacial score (nSPS) is 25.1. The molecular weight excluding hydrogens is 466 g/mol. The number of carbonyl (C=O) groups is 1. The van der Waals surface area contributed by atoms with E-state index < -0.39 is 20.1 Å². The third-order valence-corrected chi connectivity index (χ3v) is 10.9. The molecule has 1 aliphatic carbocycles. The van der Waals surface area contributed by atoms with Crippen molar-refractivity contribution in [1.29, 1.82) is 5.41 Å². The number of hydrogen-bond acceptors (Lipinski definition) is 8. The lowest BCUT2D eigenvalue weighted by atomic mass is 9.86. The molecule has 0 unspecified atom stereocenters. The summed E-state index contributed by atoms with van der Waals surface area (Å²) < 4.78 is 33.5. The highest BCUT2D eigenvalue weighted by atomic mass is 35.5. The number of sulfone groups is 1. The minimum atomic E-state index is -3.57. The van der Waals surface area contributed by atoms with E-state index in [0.717, 1.165) is 42.3 Å². The van der Waals surface area contributed by atoms with Crippen LogP contribution < -0.4 is 10.6 Å². The average Bonchev–Trinajstić information content (AvgIpc) is 3.35. The van der Waals surface area contributed by atoms with Gasteiger partial charge in [-0.2, -0.15) is 8.75 Å². The molecule has 12 heteroatoms. The first-order valence-corrected chi connectivity index (χ1v) is 13.2. The highest BCUT2D eigenvalue weighted by molar-refractivity contribution is 7.93. The van der Waals surface area contributed by atoms with Crippen molar-refractivity contribution in [3.63, 3.8) is 0 Å². The minimum Gasteiger partial charge on any atom is -0.362 e. The summed E-state index contributed by atoms with van der Waals surface area (Å²) in [4.78, 5) is 13.5. The van der Waals surface area contributed by atoms with Gasteiger partial charge in [0.1, 0.15) is 10.6 Å². The Morgan fingerprint density at radius 3 is 2.73 bits per heavy atom. The minimum absolute atomic E-state index is 0.0439. The average molecular weight is 488 g/mol. The molecule has 0 bridgehead atoms. The van der Waals surface area contributed by atoms with Crippen LogP contribution in [-0.4, -0.2) is 39.4 Å².